The van der Waals surface area contributed by atoms with Gasteiger partial charge in [-0.15, -0.1) is 0 Å². The van der Waals surface area contributed by atoms with Crippen LogP contribution in [0.1, 0.15) is 38.7 Å². The van der Waals surface area contributed by atoms with Gasteiger partial charge in [0.25, 0.3) is 0 Å². The second kappa shape index (κ2) is 10.4. The zero-order chi connectivity index (χ0) is 18.8. The van der Waals surface area contributed by atoms with Crippen LogP contribution in [-0.2, 0) is 25.5 Å². The number of rotatable bonds is 9. The molecule has 2 amide bonds. The van der Waals surface area contributed by atoms with Crippen molar-refractivity contribution < 1.29 is 23.5 Å². The van der Waals surface area contributed by atoms with Crippen LogP contribution in [-0.4, -0.2) is 37.0 Å². The first-order valence-electron chi connectivity index (χ1n) is 8.27. The molecule has 0 bridgehead atoms. The van der Waals surface area contributed by atoms with E-state index in [2.05, 4.69) is 10.6 Å². The first kappa shape index (κ1) is 20.6. The Kier molecular flexibility index (Phi) is 8.60. The number of benzene rings is 1. The summed E-state index contributed by atoms with van der Waals surface area (Å²) >= 11 is 0. The number of amides is 2. The second-order valence-corrected chi connectivity index (χ2v) is 5.81. The molecule has 0 aliphatic carbocycles. The largest absolute Gasteiger partial charge is 0.467 e. The number of methoxy groups -OCH3 is 1. The van der Waals surface area contributed by atoms with E-state index in [4.69, 9.17) is 4.74 Å². The average molecular weight is 352 g/mol. The molecule has 0 fully saturated rings. The standard InChI is InChI=1S/C18H25FN2O4/c1-4-5-9-15(18(24)25-3)21-17(23)16(20-12(2)22)11-13-7-6-8-14(19)10-13/h6-8,10,15-16H,4-5,9,11H2,1-3H3,(H,20,22)(H,21,23)/t15-,16+/m0/s1. The number of nitrogens with one attached hydrogen (secondary N) is 2. The fraction of sp³-hybridized carbons (Fsp3) is 0.500. The molecule has 0 saturated heterocycles. The normalized spacial score (nSPS) is 12.8. The second-order valence-electron chi connectivity index (χ2n) is 5.81. The van der Waals surface area contributed by atoms with Crippen molar-refractivity contribution in [3.8, 4) is 0 Å². The van der Waals surface area contributed by atoms with Gasteiger partial charge in [-0.05, 0) is 24.1 Å². The summed E-state index contributed by atoms with van der Waals surface area (Å²) in [5, 5.41) is 5.16. The SMILES string of the molecule is CCCC[C@H](NC(=O)[C@@H](Cc1cccc(F)c1)NC(C)=O)C(=O)OC. The lowest BCUT2D eigenvalue weighted by atomic mass is 10.0. The van der Waals surface area contributed by atoms with E-state index in [0.29, 0.717) is 12.0 Å². The van der Waals surface area contributed by atoms with Crippen LogP contribution in [0, 0.1) is 5.82 Å². The average Bonchev–Trinajstić information content (AvgIpc) is 2.56. The van der Waals surface area contributed by atoms with E-state index in [-0.39, 0.29) is 12.3 Å². The summed E-state index contributed by atoms with van der Waals surface area (Å²) in [5.41, 5.74) is 0.567. The third-order valence-corrected chi connectivity index (χ3v) is 3.67. The van der Waals surface area contributed by atoms with Gasteiger partial charge in [-0.3, -0.25) is 9.59 Å². The fourth-order valence-electron chi connectivity index (χ4n) is 2.43. The van der Waals surface area contributed by atoms with Crippen molar-refractivity contribution in [1.29, 1.82) is 0 Å². The van der Waals surface area contributed by atoms with E-state index >= 15 is 0 Å². The van der Waals surface area contributed by atoms with Crippen LogP contribution in [0.3, 0.4) is 0 Å². The van der Waals surface area contributed by atoms with E-state index in [1.807, 2.05) is 6.92 Å². The number of ether oxygens (including phenoxy) is 1. The Morgan fingerprint density at radius 3 is 2.48 bits per heavy atom. The number of carbonyl (C=O) groups excluding carboxylic acids is 3. The lowest BCUT2D eigenvalue weighted by molar-refractivity contribution is -0.145. The van der Waals surface area contributed by atoms with Crippen molar-refractivity contribution in [2.45, 2.75) is 51.6 Å². The highest BCUT2D eigenvalue weighted by molar-refractivity contribution is 5.90. The van der Waals surface area contributed by atoms with E-state index in [1.54, 1.807) is 6.07 Å². The lowest BCUT2D eigenvalue weighted by Crippen LogP contribution is -2.52. The molecule has 25 heavy (non-hydrogen) atoms. The third-order valence-electron chi connectivity index (χ3n) is 3.67. The molecule has 2 atom stereocenters. The van der Waals surface area contributed by atoms with Crippen LogP contribution in [0.4, 0.5) is 4.39 Å². The van der Waals surface area contributed by atoms with Gasteiger partial charge in [0.15, 0.2) is 0 Å². The van der Waals surface area contributed by atoms with Gasteiger partial charge in [0.05, 0.1) is 7.11 Å². The molecule has 0 spiro atoms. The summed E-state index contributed by atoms with van der Waals surface area (Å²) in [6.07, 6.45) is 2.17. The molecule has 138 valence electrons. The van der Waals surface area contributed by atoms with Crippen molar-refractivity contribution in [3.05, 3.63) is 35.6 Å². The van der Waals surface area contributed by atoms with Crippen LogP contribution in [0.5, 0.6) is 0 Å². The summed E-state index contributed by atoms with van der Waals surface area (Å²) < 4.78 is 18.0. The van der Waals surface area contributed by atoms with Crippen molar-refractivity contribution in [3.63, 3.8) is 0 Å². The summed E-state index contributed by atoms with van der Waals surface area (Å²) in [4.78, 5) is 35.8. The molecule has 0 heterocycles. The van der Waals surface area contributed by atoms with Crippen LogP contribution in [0.25, 0.3) is 0 Å². The molecule has 0 unspecified atom stereocenters. The molecular formula is C18H25FN2O4. The van der Waals surface area contributed by atoms with Crippen LogP contribution >= 0.6 is 0 Å². The summed E-state index contributed by atoms with van der Waals surface area (Å²) in [7, 11) is 1.26. The lowest BCUT2D eigenvalue weighted by Gasteiger charge is -2.22. The van der Waals surface area contributed by atoms with Gasteiger partial charge < -0.3 is 15.4 Å². The van der Waals surface area contributed by atoms with Crippen molar-refractivity contribution in [1.82, 2.24) is 10.6 Å². The number of carbonyl (C=O) groups is 3. The number of esters is 1. The fourth-order valence-corrected chi connectivity index (χ4v) is 2.43. The Morgan fingerprint density at radius 2 is 1.92 bits per heavy atom. The highest BCUT2D eigenvalue weighted by Gasteiger charge is 2.26. The van der Waals surface area contributed by atoms with Gasteiger partial charge in [0.2, 0.25) is 11.8 Å². The Labute approximate surface area is 147 Å². The molecule has 7 heteroatoms. The van der Waals surface area contributed by atoms with Gasteiger partial charge in [-0.1, -0.05) is 31.9 Å². The van der Waals surface area contributed by atoms with E-state index < -0.39 is 29.8 Å². The Bertz CT molecular complexity index is 606. The molecule has 1 aromatic rings. The zero-order valence-electron chi connectivity index (χ0n) is 14.8. The number of hydrogen-bond donors (Lipinski definition) is 2. The van der Waals surface area contributed by atoms with Gasteiger partial charge >= 0.3 is 5.97 Å². The van der Waals surface area contributed by atoms with E-state index in [1.165, 1.54) is 32.2 Å². The highest BCUT2D eigenvalue weighted by Crippen LogP contribution is 2.08. The Morgan fingerprint density at radius 1 is 1.20 bits per heavy atom. The smallest absolute Gasteiger partial charge is 0.328 e. The Balaban J connectivity index is 2.86. The van der Waals surface area contributed by atoms with Crippen LogP contribution < -0.4 is 10.6 Å². The van der Waals surface area contributed by atoms with Gasteiger partial charge in [0.1, 0.15) is 17.9 Å². The number of unbranched alkanes of at least 4 members (excludes halogenated alkanes) is 1. The molecule has 1 rings (SSSR count). The van der Waals surface area contributed by atoms with Gasteiger partial charge in [-0.2, -0.15) is 0 Å². The maximum atomic E-state index is 13.3. The zero-order valence-corrected chi connectivity index (χ0v) is 14.8. The molecule has 0 radical (unpaired) electrons. The van der Waals surface area contributed by atoms with Crippen molar-refractivity contribution >= 4 is 17.8 Å². The highest BCUT2D eigenvalue weighted by atomic mass is 19.1. The minimum Gasteiger partial charge on any atom is -0.467 e. The molecule has 0 saturated carbocycles. The number of halogens is 1. The molecule has 6 nitrogen and oxygen atoms in total. The summed E-state index contributed by atoms with van der Waals surface area (Å²) in [6, 6.07) is 4.12. The van der Waals surface area contributed by atoms with Crippen molar-refractivity contribution in [2.75, 3.05) is 7.11 Å². The molecule has 0 aliphatic rings. The quantitative estimate of drug-likeness (QED) is 0.663. The van der Waals surface area contributed by atoms with Crippen molar-refractivity contribution in [2.24, 2.45) is 0 Å². The van der Waals surface area contributed by atoms with Gasteiger partial charge in [0, 0.05) is 13.3 Å². The third kappa shape index (κ3) is 7.32. The van der Waals surface area contributed by atoms with Gasteiger partial charge in [-0.25, -0.2) is 9.18 Å². The minimum absolute atomic E-state index is 0.116. The first-order valence-corrected chi connectivity index (χ1v) is 8.27. The summed E-state index contributed by atoms with van der Waals surface area (Å²) in [6.45, 7) is 3.26. The molecule has 2 N–H and O–H groups in total. The number of hydrogen-bond acceptors (Lipinski definition) is 4. The maximum absolute atomic E-state index is 13.3. The molecule has 0 aliphatic heterocycles. The van der Waals surface area contributed by atoms with Crippen LogP contribution in [0.2, 0.25) is 0 Å². The monoisotopic (exact) mass is 352 g/mol. The topological polar surface area (TPSA) is 84.5 Å². The first-order chi connectivity index (χ1) is 11.9. The predicted molar refractivity (Wildman–Crippen MR) is 91.2 cm³/mol. The van der Waals surface area contributed by atoms with Crippen LogP contribution in [0.15, 0.2) is 24.3 Å². The predicted octanol–water partition coefficient (Wildman–Crippen LogP) is 1.72. The van der Waals surface area contributed by atoms with E-state index in [0.717, 1.165) is 12.8 Å². The van der Waals surface area contributed by atoms with E-state index in [9.17, 15) is 18.8 Å². The molecular weight excluding hydrogens is 327 g/mol. The maximum Gasteiger partial charge on any atom is 0.328 e. The molecule has 0 aromatic heterocycles. The Hall–Kier alpha value is -2.44. The summed E-state index contributed by atoms with van der Waals surface area (Å²) in [5.74, 6) is -1.85. The molecule has 1 aromatic carbocycles. The minimum atomic E-state index is -0.909.